The third kappa shape index (κ3) is 7.98. The Morgan fingerprint density at radius 1 is 0.509 bits per heavy atom. The molecule has 4 nitrogen and oxygen atoms in total. The van der Waals surface area contributed by atoms with E-state index in [-0.39, 0.29) is 0 Å². The highest BCUT2D eigenvalue weighted by atomic mass is 15.0. The molecule has 0 saturated heterocycles. The van der Waals surface area contributed by atoms with Crippen molar-refractivity contribution in [1.29, 1.82) is 0 Å². The number of fused-ring (bicyclic) bond motifs is 2. The van der Waals surface area contributed by atoms with Gasteiger partial charge in [0.05, 0.1) is 0 Å². The normalized spacial score (nSPS) is 12.0. The molecule has 0 aliphatic rings. The molecule has 7 aromatic carbocycles. The molecule has 57 heavy (non-hydrogen) atoms. The van der Waals surface area contributed by atoms with E-state index in [1.54, 1.807) is 19.3 Å². The van der Waals surface area contributed by atoms with E-state index in [1.165, 1.54) is 32.7 Å². The monoisotopic (exact) mass is 732 g/mol. The fraction of sp³-hybridized carbons (Fsp3) is 0.0189. The zero-order valence-corrected chi connectivity index (χ0v) is 31.8. The summed E-state index contributed by atoms with van der Waals surface area (Å²) in [6, 6.07) is 53.6. The van der Waals surface area contributed by atoms with Crippen molar-refractivity contribution in [3.63, 3.8) is 0 Å². The van der Waals surface area contributed by atoms with Crippen molar-refractivity contribution >= 4 is 39.4 Å². The Morgan fingerprint density at radius 2 is 1.07 bits per heavy atom. The average Bonchev–Trinajstić information content (AvgIpc) is 3.27. The Morgan fingerprint density at radius 3 is 1.68 bits per heavy atom. The lowest BCUT2D eigenvalue weighted by molar-refractivity contribution is 1.04. The Labute approximate surface area is 334 Å². The summed E-state index contributed by atoms with van der Waals surface area (Å²) in [5.41, 5.74) is 10.5. The summed E-state index contributed by atoms with van der Waals surface area (Å²) in [6.45, 7) is 7.80. The van der Waals surface area contributed by atoms with Gasteiger partial charge in [-0.05, 0) is 102 Å². The summed E-state index contributed by atoms with van der Waals surface area (Å²) in [7, 11) is 1.76. The van der Waals surface area contributed by atoms with Gasteiger partial charge in [0, 0.05) is 24.4 Å². The minimum Gasteiger partial charge on any atom is -0.296 e. The van der Waals surface area contributed by atoms with Gasteiger partial charge in [0.25, 0.3) is 0 Å². The van der Waals surface area contributed by atoms with E-state index in [1.807, 2.05) is 66.8 Å². The molecule has 0 spiro atoms. The number of allylic oxidation sites excluding steroid dienone is 7. The molecular formula is C53H40N4. The number of benzene rings is 7. The molecule has 4 heteroatoms. The lowest BCUT2D eigenvalue weighted by Gasteiger charge is -2.14. The molecule has 0 aliphatic heterocycles. The SMILES string of the molecule is C=C/C=C\C=C\c1nc(-c2ccccc2)nc(-c2cc(-c3ccc(/C(C=C)=C/C=NC)cc3)cc(-c3ccc(-c4c5ccccc5cc5ccccc45)cc3)c2)n1. The molecule has 272 valence electrons. The summed E-state index contributed by atoms with van der Waals surface area (Å²) < 4.78 is 0. The molecule has 1 aromatic heterocycles. The van der Waals surface area contributed by atoms with Crippen LogP contribution in [0.5, 0.6) is 0 Å². The third-order valence-corrected chi connectivity index (χ3v) is 9.93. The highest BCUT2D eigenvalue weighted by molar-refractivity contribution is 6.12. The summed E-state index contributed by atoms with van der Waals surface area (Å²) in [5, 5.41) is 4.93. The smallest absolute Gasteiger partial charge is 0.164 e. The molecule has 0 fully saturated rings. The van der Waals surface area contributed by atoms with Crippen molar-refractivity contribution in [3.05, 3.63) is 213 Å². The Kier molecular flexibility index (Phi) is 10.8. The number of hydrogen-bond acceptors (Lipinski definition) is 4. The highest BCUT2D eigenvalue weighted by Crippen LogP contribution is 2.38. The van der Waals surface area contributed by atoms with Gasteiger partial charge >= 0.3 is 0 Å². The largest absolute Gasteiger partial charge is 0.296 e. The number of hydrogen-bond donors (Lipinski definition) is 0. The first-order chi connectivity index (χ1) is 28.1. The quantitative estimate of drug-likeness (QED) is 0.0756. The van der Waals surface area contributed by atoms with E-state index in [0.29, 0.717) is 17.5 Å². The van der Waals surface area contributed by atoms with Crippen molar-refractivity contribution in [1.82, 2.24) is 15.0 Å². The van der Waals surface area contributed by atoms with Gasteiger partial charge in [0.15, 0.2) is 17.5 Å². The van der Waals surface area contributed by atoms with Gasteiger partial charge in [-0.3, -0.25) is 4.99 Å². The average molecular weight is 733 g/mol. The second-order valence-corrected chi connectivity index (χ2v) is 13.6. The first-order valence-corrected chi connectivity index (χ1v) is 18.9. The molecule has 0 bridgehead atoms. The molecule has 0 atom stereocenters. The predicted octanol–water partition coefficient (Wildman–Crippen LogP) is 13.5. The van der Waals surface area contributed by atoms with Crippen LogP contribution in [0.3, 0.4) is 0 Å². The number of nitrogens with zero attached hydrogens (tertiary/aromatic N) is 4. The molecular weight excluding hydrogens is 693 g/mol. The molecule has 0 radical (unpaired) electrons. The molecule has 0 amide bonds. The topological polar surface area (TPSA) is 51.0 Å². The minimum absolute atomic E-state index is 0.565. The standard InChI is InChI=1S/C53H40N4/c1-4-6-7-11-22-50-55-52(42-16-9-8-10-17-42)57-53(56-50)47-35-45(39-25-23-38(24-26-39)37(5-2)31-32-54-3)34-46(36-47)40-27-29-41(30-28-40)51-48-20-14-12-18-43(48)33-44-19-13-15-21-49(44)51/h4-36H,1-2H2,3H3/b7-6-,22-11+,37-31+,54-32?. The predicted molar refractivity (Wildman–Crippen MR) is 243 cm³/mol. The maximum Gasteiger partial charge on any atom is 0.164 e. The van der Waals surface area contributed by atoms with E-state index >= 15 is 0 Å². The van der Waals surface area contributed by atoms with Gasteiger partial charge in [-0.25, -0.2) is 15.0 Å². The fourth-order valence-electron chi connectivity index (χ4n) is 7.13. The van der Waals surface area contributed by atoms with Gasteiger partial charge in [-0.15, -0.1) is 0 Å². The summed E-state index contributed by atoms with van der Waals surface area (Å²) >= 11 is 0. The lowest BCUT2D eigenvalue weighted by Crippen LogP contribution is -2.00. The zero-order valence-electron chi connectivity index (χ0n) is 31.8. The van der Waals surface area contributed by atoms with E-state index < -0.39 is 0 Å². The number of aromatic nitrogens is 3. The summed E-state index contributed by atoms with van der Waals surface area (Å²) in [6.07, 6.45) is 14.9. The third-order valence-electron chi connectivity index (χ3n) is 9.93. The maximum atomic E-state index is 5.06. The zero-order chi connectivity index (χ0) is 39.0. The van der Waals surface area contributed by atoms with Crippen LogP contribution in [0.1, 0.15) is 11.4 Å². The van der Waals surface area contributed by atoms with Gasteiger partial charge in [0.1, 0.15) is 0 Å². The van der Waals surface area contributed by atoms with Crippen molar-refractivity contribution in [2.75, 3.05) is 7.05 Å². The van der Waals surface area contributed by atoms with E-state index in [9.17, 15) is 0 Å². The second kappa shape index (κ2) is 16.8. The van der Waals surface area contributed by atoms with Crippen LogP contribution >= 0.6 is 0 Å². The molecule has 0 N–H and O–H groups in total. The molecule has 8 aromatic rings. The summed E-state index contributed by atoms with van der Waals surface area (Å²) in [4.78, 5) is 19.0. The molecule has 0 unspecified atom stereocenters. The molecule has 1 heterocycles. The van der Waals surface area contributed by atoms with Gasteiger partial charge in [0.2, 0.25) is 0 Å². The molecule has 8 rings (SSSR count). The Balaban J connectivity index is 1.28. The van der Waals surface area contributed by atoms with Crippen LogP contribution in [-0.2, 0) is 0 Å². The van der Waals surface area contributed by atoms with Gasteiger partial charge < -0.3 is 0 Å². The van der Waals surface area contributed by atoms with Crippen LogP contribution < -0.4 is 0 Å². The van der Waals surface area contributed by atoms with E-state index in [2.05, 4.69) is 139 Å². The van der Waals surface area contributed by atoms with Gasteiger partial charge in [-0.1, -0.05) is 171 Å². The van der Waals surface area contributed by atoms with Crippen molar-refractivity contribution in [2.45, 2.75) is 0 Å². The summed E-state index contributed by atoms with van der Waals surface area (Å²) in [5.74, 6) is 1.76. The molecule has 0 saturated carbocycles. The van der Waals surface area contributed by atoms with Crippen LogP contribution in [0.15, 0.2) is 206 Å². The van der Waals surface area contributed by atoms with Crippen LogP contribution in [0.2, 0.25) is 0 Å². The van der Waals surface area contributed by atoms with Crippen molar-refractivity contribution in [3.8, 4) is 56.2 Å². The maximum absolute atomic E-state index is 5.06. The van der Waals surface area contributed by atoms with Crippen molar-refractivity contribution < 1.29 is 0 Å². The minimum atomic E-state index is 0.565. The van der Waals surface area contributed by atoms with Crippen molar-refractivity contribution in [2.24, 2.45) is 4.99 Å². The first-order valence-electron chi connectivity index (χ1n) is 18.9. The first kappa shape index (κ1) is 36.4. The second-order valence-electron chi connectivity index (χ2n) is 13.6. The van der Waals surface area contributed by atoms with Crippen LogP contribution in [0.25, 0.3) is 89.4 Å². The van der Waals surface area contributed by atoms with Crippen LogP contribution in [0.4, 0.5) is 0 Å². The van der Waals surface area contributed by atoms with Crippen LogP contribution in [0, 0.1) is 0 Å². The fourth-order valence-corrected chi connectivity index (χ4v) is 7.13. The number of rotatable bonds is 11. The Hall–Kier alpha value is -7.56. The van der Waals surface area contributed by atoms with Crippen LogP contribution in [-0.4, -0.2) is 28.2 Å². The molecule has 0 aliphatic carbocycles. The van der Waals surface area contributed by atoms with Gasteiger partial charge in [-0.2, -0.15) is 0 Å². The van der Waals surface area contributed by atoms with E-state index in [0.717, 1.165) is 44.5 Å². The highest BCUT2D eigenvalue weighted by Gasteiger charge is 2.15. The Bertz CT molecular complexity index is 2810. The lowest BCUT2D eigenvalue weighted by atomic mass is 9.90. The number of aliphatic imine (C=N–C) groups is 1. The van der Waals surface area contributed by atoms with E-state index in [4.69, 9.17) is 15.0 Å².